The van der Waals surface area contributed by atoms with E-state index in [2.05, 4.69) is 24.3 Å². The van der Waals surface area contributed by atoms with Gasteiger partial charge in [0.1, 0.15) is 0 Å². The third kappa shape index (κ3) is 4.54. The van der Waals surface area contributed by atoms with Crippen LogP contribution in [0.3, 0.4) is 0 Å². The van der Waals surface area contributed by atoms with E-state index in [-0.39, 0.29) is 6.04 Å². The monoisotopic (exact) mass is 241 g/mol. The molecule has 17 heavy (non-hydrogen) atoms. The maximum absolute atomic E-state index is 8.73. The van der Waals surface area contributed by atoms with Gasteiger partial charge in [-0.05, 0) is 32.1 Å². The molecule has 1 unspecified atom stereocenters. The molecular weight excluding hydrogens is 214 g/mol. The molecule has 1 rings (SSSR count). The number of amidine groups is 1. The topological polar surface area (TPSA) is 70.6 Å². The van der Waals surface area contributed by atoms with Gasteiger partial charge in [0.15, 0.2) is 5.84 Å². The predicted molar refractivity (Wildman–Crippen MR) is 71.3 cm³/mol. The van der Waals surface area contributed by atoms with Gasteiger partial charge in [-0.3, -0.25) is 0 Å². The molecule has 0 heterocycles. The van der Waals surface area contributed by atoms with Crippen molar-refractivity contribution in [2.24, 2.45) is 16.8 Å². The zero-order valence-corrected chi connectivity index (χ0v) is 11.2. The van der Waals surface area contributed by atoms with Crippen molar-refractivity contribution in [1.82, 2.24) is 5.32 Å². The molecule has 1 aliphatic carbocycles. The standard InChI is InChI=1S/C13H27N3O/c1-3-12(13(14)16-17)15-10(2)11-8-6-4-5-7-9-11/h10-12,15,17H,3-9H2,1-2H3,(H2,14,16)/t10-,12?/m0/s1. The Balaban J connectivity index is 2.47. The molecule has 4 heteroatoms. The Morgan fingerprint density at radius 2 is 1.94 bits per heavy atom. The molecule has 0 radical (unpaired) electrons. The van der Waals surface area contributed by atoms with Gasteiger partial charge in [-0.25, -0.2) is 0 Å². The number of hydrogen-bond donors (Lipinski definition) is 3. The van der Waals surface area contributed by atoms with E-state index in [1.165, 1.54) is 38.5 Å². The van der Waals surface area contributed by atoms with Crippen molar-refractivity contribution in [3.8, 4) is 0 Å². The minimum atomic E-state index is -0.00162. The summed E-state index contributed by atoms with van der Waals surface area (Å²) in [6.45, 7) is 4.28. The van der Waals surface area contributed by atoms with E-state index in [0.717, 1.165) is 12.3 Å². The van der Waals surface area contributed by atoms with Gasteiger partial charge in [0, 0.05) is 6.04 Å². The summed E-state index contributed by atoms with van der Waals surface area (Å²) in [5, 5.41) is 15.3. The number of rotatable bonds is 5. The van der Waals surface area contributed by atoms with E-state index in [1.54, 1.807) is 0 Å². The lowest BCUT2D eigenvalue weighted by Crippen LogP contribution is -2.47. The van der Waals surface area contributed by atoms with Crippen LogP contribution in [-0.2, 0) is 0 Å². The van der Waals surface area contributed by atoms with Gasteiger partial charge in [-0.1, -0.05) is 37.8 Å². The second-order valence-electron chi connectivity index (χ2n) is 5.19. The molecule has 0 bridgehead atoms. The predicted octanol–water partition coefficient (Wildman–Crippen LogP) is 2.46. The van der Waals surface area contributed by atoms with Crippen LogP contribution in [0.5, 0.6) is 0 Å². The van der Waals surface area contributed by atoms with Crippen molar-refractivity contribution in [3.05, 3.63) is 0 Å². The summed E-state index contributed by atoms with van der Waals surface area (Å²) >= 11 is 0. The van der Waals surface area contributed by atoms with Crippen molar-refractivity contribution in [2.75, 3.05) is 0 Å². The van der Waals surface area contributed by atoms with Crippen LogP contribution in [0.2, 0.25) is 0 Å². The van der Waals surface area contributed by atoms with Gasteiger partial charge >= 0.3 is 0 Å². The summed E-state index contributed by atoms with van der Waals surface area (Å²) in [6.07, 6.45) is 8.91. The van der Waals surface area contributed by atoms with Gasteiger partial charge in [-0.2, -0.15) is 0 Å². The van der Waals surface area contributed by atoms with Gasteiger partial charge in [0.25, 0.3) is 0 Å². The highest BCUT2D eigenvalue weighted by molar-refractivity contribution is 5.85. The van der Waals surface area contributed by atoms with E-state index in [1.807, 2.05) is 0 Å². The summed E-state index contributed by atoms with van der Waals surface area (Å²) in [5.74, 6) is 1.03. The SMILES string of the molecule is CCC(N[C@@H](C)C1CCCCCC1)C(N)=NO. The fourth-order valence-electron chi connectivity index (χ4n) is 2.75. The summed E-state index contributed by atoms with van der Waals surface area (Å²) in [6, 6.07) is 0.441. The zero-order chi connectivity index (χ0) is 12.7. The maximum atomic E-state index is 8.73. The first-order valence-corrected chi connectivity index (χ1v) is 6.92. The van der Waals surface area contributed by atoms with Crippen LogP contribution in [0.25, 0.3) is 0 Å². The molecule has 100 valence electrons. The lowest BCUT2D eigenvalue weighted by Gasteiger charge is -2.27. The number of oxime groups is 1. The molecule has 0 spiro atoms. The Morgan fingerprint density at radius 3 is 2.41 bits per heavy atom. The average molecular weight is 241 g/mol. The van der Waals surface area contributed by atoms with Crippen LogP contribution in [-0.4, -0.2) is 23.1 Å². The zero-order valence-electron chi connectivity index (χ0n) is 11.2. The molecule has 1 aliphatic rings. The Kier molecular flexibility index (Phi) is 6.34. The quantitative estimate of drug-likeness (QED) is 0.228. The van der Waals surface area contributed by atoms with Crippen molar-refractivity contribution in [3.63, 3.8) is 0 Å². The molecule has 2 atom stereocenters. The summed E-state index contributed by atoms with van der Waals surface area (Å²) in [4.78, 5) is 0. The van der Waals surface area contributed by atoms with Crippen LogP contribution in [0, 0.1) is 5.92 Å². The molecule has 0 aromatic rings. The van der Waals surface area contributed by atoms with Crippen molar-refractivity contribution >= 4 is 5.84 Å². The molecule has 0 aliphatic heterocycles. The minimum absolute atomic E-state index is 0.00162. The molecule has 4 N–H and O–H groups in total. The second-order valence-corrected chi connectivity index (χ2v) is 5.19. The number of nitrogens with zero attached hydrogens (tertiary/aromatic N) is 1. The average Bonchev–Trinajstić information content (AvgIpc) is 2.63. The van der Waals surface area contributed by atoms with Crippen LogP contribution in [0.15, 0.2) is 5.16 Å². The second kappa shape index (κ2) is 7.54. The Bertz CT molecular complexity index is 235. The van der Waals surface area contributed by atoms with E-state index >= 15 is 0 Å². The molecular formula is C13H27N3O. The van der Waals surface area contributed by atoms with Crippen LogP contribution in [0.1, 0.15) is 58.8 Å². The lowest BCUT2D eigenvalue weighted by atomic mass is 9.92. The minimum Gasteiger partial charge on any atom is -0.409 e. The van der Waals surface area contributed by atoms with Crippen molar-refractivity contribution in [2.45, 2.75) is 70.9 Å². The third-order valence-corrected chi connectivity index (χ3v) is 3.95. The van der Waals surface area contributed by atoms with Gasteiger partial charge in [0.2, 0.25) is 0 Å². The highest BCUT2D eigenvalue weighted by Crippen LogP contribution is 2.25. The summed E-state index contributed by atoms with van der Waals surface area (Å²) in [7, 11) is 0. The third-order valence-electron chi connectivity index (χ3n) is 3.95. The van der Waals surface area contributed by atoms with Crippen LogP contribution < -0.4 is 11.1 Å². The van der Waals surface area contributed by atoms with E-state index < -0.39 is 0 Å². The highest BCUT2D eigenvalue weighted by Gasteiger charge is 2.22. The fraction of sp³-hybridized carbons (Fsp3) is 0.923. The molecule has 1 saturated carbocycles. The molecule has 0 aromatic carbocycles. The number of nitrogens with two attached hydrogens (primary N) is 1. The van der Waals surface area contributed by atoms with Crippen molar-refractivity contribution < 1.29 is 5.21 Å². The van der Waals surface area contributed by atoms with Gasteiger partial charge in [0.05, 0.1) is 6.04 Å². The van der Waals surface area contributed by atoms with Crippen LogP contribution in [0.4, 0.5) is 0 Å². The number of hydrogen-bond acceptors (Lipinski definition) is 3. The first-order chi connectivity index (χ1) is 8.19. The van der Waals surface area contributed by atoms with E-state index in [9.17, 15) is 0 Å². The van der Waals surface area contributed by atoms with Crippen molar-refractivity contribution in [1.29, 1.82) is 0 Å². The first kappa shape index (κ1) is 14.3. The molecule has 0 aromatic heterocycles. The smallest absolute Gasteiger partial charge is 0.156 e. The Labute approximate surface area is 105 Å². The molecule has 1 fully saturated rings. The van der Waals surface area contributed by atoms with E-state index in [0.29, 0.717) is 11.9 Å². The van der Waals surface area contributed by atoms with Gasteiger partial charge < -0.3 is 16.3 Å². The maximum Gasteiger partial charge on any atom is 0.156 e. The normalized spacial score (nSPS) is 23.1. The molecule has 4 nitrogen and oxygen atoms in total. The molecule has 0 amide bonds. The number of nitrogens with one attached hydrogen (secondary N) is 1. The fourth-order valence-corrected chi connectivity index (χ4v) is 2.75. The summed E-state index contributed by atoms with van der Waals surface area (Å²) in [5.41, 5.74) is 5.67. The highest BCUT2D eigenvalue weighted by atomic mass is 16.4. The lowest BCUT2D eigenvalue weighted by molar-refractivity contribution is 0.303. The summed E-state index contributed by atoms with van der Waals surface area (Å²) < 4.78 is 0. The molecule has 0 saturated heterocycles. The van der Waals surface area contributed by atoms with Gasteiger partial charge in [-0.15, -0.1) is 0 Å². The van der Waals surface area contributed by atoms with Crippen LogP contribution >= 0.6 is 0 Å². The van der Waals surface area contributed by atoms with E-state index in [4.69, 9.17) is 10.9 Å². The largest absolute Gasteiger partial charge is 0.409 e. The Morgan fingerprint density at radius 1 is 1.35 bits per heavy atom. The first-order valence-electron chi connectivity index (χ1n) is 6.92. The Hall–Kier alpha value is -0.770.